The molecule has 0 aliphatic carbocycles. The Morgan fingerprint density at radius 1 is 1.44 bits per heavy atom. The molecule has 0 aromatic rings. The number of nitrogens with one attached hydrogen (secondary N) is 1. The van der Waals surface area contributed by atoms with Crippen LogP contribution >= 0.6 is 0 Å². The Hall–Kier alpha value is -0.120. The minimum absolute atomic E-state index is 0.0254. The molecule has 1 aliphatic heterocycles. The van der Waals surface area contributed by atoms with Gasteiger partial charge in [0.15, 0.2) is 0 Å². The highest BCUT2D eigenvalue weighted by Gasteiger charge is 2.34. The Kier molecular flexibility index (Phi) is 5.63. The van der Waals surface area contributed by atoms with Gasteiger partial charge >= 0.3 is 0 Å². The molecule has 108 valence electrons. The zero-order valence-electron chi connectivity index (χ0n) is 12.8. The topological polar surface area (TPSA) is 41.5 Å². The van der Waals surface area contributed by atoms with Crippen LogP contribution in [0.25, 0.3) is 0 Å². The molecule has 3 heteroatoms. The van der Waals surface area contributed by atoms with E-state index in [1.54, 1.807) is 0 Å². The van der Waals surface area contributed by atoms with E-state index in [-0.39, 0.29) is 17.6 Å². The molecule has 1 rings (SSSR count). The molecule has 1 fully saturated rings. The van der Waals surface area contributed by atoms with E-state index in [1.165, 1.54) is 0 Å². The summed E-state index contributed by atoms with van der Waals surface area (Å²) in [7, 11) is 0. The van der Waals surface area contributed by atoms with E-state index < -0.39 is 0 Å². The predicted molar refractivity (Wildman–Crippen MR) is 75.8 cm³/mol. The van der Waals surface area contributed by atoms with Gasteiger partial charge in [0.1, 0.15) is 0 Å². The van der Waals surface area contributed by atoms with Crippen LogP contribution in [0.15, 0.2) is 0 Å². The number of rotatable bonds is 5. The Morgan fingerprint density at radius 2 is 2.11 bits per heavy atom. The number of aliphatic hydroxyl groups excluding tert-OH is 1. The summed E-state index contributed by atoms with van der Waals surface area (Å²) in [5.41, 5.74) is 0.210. The first-order valence-corrected chi connectivity index (χ1v) is 7.31. The van der Waals surface area contributed by atoms with E-state index in [0.717, 1.165) is 32.3 Å². The summed E-state index contributed by atoms with van der Waals surface area (Å²) in [6, 6.07) is 0.881. The molecule has 1 saturated heterocycles. The molecule has 0 amide bonds. The fourth-order valence-electron chi connectivity index (χ4n) is 2.70. The SMILES string of the molecule is CCC1(C)CC(NC(CCO)C(C)(C)C)CCO1. The van der Waals surface area contributed by atoms with E-state index >= 15 is 0 Å². The van der Waals surface area contributed by atoms with Crippen molar-refractivity contribution >= 4 is 0 Å². The maximum absolute atomic E-state index is 9.21. The van der Waals surface area contributed by atoms with Gasteiger partial charge in [-0.15, -0.1) is 0 Å². The molecule has 0 saturated carbocycles. The molecular formula is C15H31NO2. The smallest absolute Gasteiger partial charge is 0.0666 e. The quantitative estimate of drug-likeness (QED) is 0.795. The molecule has 18 heavy (non-hydrogen) atoms. The summed E-state index contributed by atoms with van der Waals surface area (Å²) in [5.74, 6) is 0. The molecule has 0 aromatic heterocycles. The summed E-state index contributed by atoms with van der Waals surface area (Å²) in [5, 5.41) is 13.0. The Bertz CT molecular complexity index is 249. The lowest BCUT2D eigenvalue weighted by molar-refractivity contribution is -0.0808. The van der Waals surface area contributed by atoms with Crippen LogP contribution in [0.5, 0.6) is 0 Å². The van der Waals surface area contributed by atoms with Crippen molar-refractivity contribution in [3.63, 3.8) is 0 Å². The van der Waals surface area contributed by atoms with Crippen molar-refractivity contribution in [1.29, 1.82) is 0 Å². The Balaban J connectivity index is 2.58. The molecule has 1 heterocycles. The number of hydrogen-bond donors (Lipinski definition) is 2. The van der Waals surface area contributed by atoms with Crippen molar-refractivity contribution in [3.8, 4) is 0 Å². The third kappa shape index (κ3) is 4.52. The molecule has 1 aliphatic rings. The first kappa shape index (κ1) is 15.9. The molecule has 3 atom stereocenters. The molecule has 2 N–H and O–H groups in total. The fraction of sp³-hybridized carbons (Fsp3) is 1.00. The lowest BCUT2D eigenvalue weighted by Gasteiger charge is -2.42. The third-order valence-corrected chi connectivity index (χ3v) is 4.24. The third-order valence-electron chi connectivity index (χ3n) is 4.24. The molecule has 3 unspecified atom stereocenters. The van der Waals surface area contributed by atoms with Gasteiger partial charge in [-0.25, -0.2) is 0 Å². The first-order chi connectivity index (χ1) is 8.30. The van der Waals surface area contributed by atoms with E-state index in [1.807, 2.05) is 0 Å². The van der Waals surface area contributed by atoms with Crippen molar-refractivity contribution in [2.75, 3.05) is 13.2 Å². The minimum atomic E-state index is 0.0254. The zero-order valence-corrected chi connectivity index (χ0v) is 12.8. The van der Waals surface area contributed by atoms with Crippen molar-refractivity contribution in [3.05, 3.63) is 0 Å². The van der Waals surface area contributed by atoms with Crippen molar-refractivity contribution < 1.29 is 9.84 Å². The first-order valence-electron chi connectivity index (χ1n) is 7.31. The van der Waals surface area contributed by atoms with E-state index in [0.29, 0.717) is 12.1 Å². The van der Waals surface area contributed by atoms with Crippen LogP contribution in [0.2, 0.25) is 0 Å². The van der Waals surface area contributed by atoms with Crippen LogP contribution < -0.4 is 5.32 Å². The number of aliphatic hydroxyl groups is 1. The van der Waals surface area contributed by atoms with Crippen LogP contribution in [-0.4, -0.2) is 36.0 Å². The highest BCUT2D eigenvalue weighted by molar-refractivity contribution is 4.90. The fourth-order valence-corrected chi connectivity index (χ4v) is 2.70. The Labute approximate surface area is 112 Å². The summed E-state index contributed by atoms with van der Waals surface area (Å²) in [4.78, 5) is 0. The van der Waals surface area contributed by atoms with Gasteiger partial charge < -0.3 is 15.2 Å². The second-order valence-corrected chi connectivity index (χ2v) is 6.94. The maximum atomic E-state index is 9.21. The Morgan fingerprint density at radius 3 is 2.61 bits per heavy atom. The highest BCUT2D eigenvalue weighted by Crippen LogP contribution is 2.30. The summed E-state index contributed by atoms with van der Waals surface area (Å²) >= 11 is 0. The second-order valence-electron chi connectivity index (χ2n) is 6.94. The normalized spacial score (nSPS) is 31.3. The second kappa shape index (κ2) is 6.36. The monoisotopic (exact) mass is 257 g/mol. The molecule has 0 radical (unpaired) electrons. The summed E-state index contributed by atoms with van der Waals surface area (Å²) in [6.45, 7) is 12.2. The van der Waals surface area contributed by atoms with Gasteiger partial charge in [0.25, 0.3) is 0 Å². The largest absolute Gasteiger partial charge is 0.396 e. The van der Waals surface area contributed by atoms with Gasteiger partial charge in [0.05, 0.1) is 5.60 Å². The van der Waals surface area contributed by atoms with Crippen LogP contribution in [-0.2, 0) is 4.74 Å². The summed E-state index contributed by atoms with van der Waals surface area (Å²) in [6.07, 6.45) is 4.03. The van der Waals surface area contributed by atoms with E-state index in [4.69, 9.17) is 4.74 Å². The van der Waals surface area contributed by atoms with Gasteiger partial charge in [-0.05, 0) is 38.0 Å². The number of ether oxygens (including phenoxy) is 1. The van der Waals surface area contributed by atoms with Crippen molar-refractivity contribution in [1.82, 2.24) is 5.32 Å². The van der Waals surface area contributed by atoms with E-state index in [2.05, 4.69) is 39.9 Å². The standard InChI is InChI=1S/C15H31NO2/c1-6-15(5)11-12(8-10-18-15)16-13(7-9-17)14(2,3)4/h12-13,16-17H,6-11H2,1-5H3. The van der Waals surface area contributed by atoms with Crippen LogP contribution in [0.1, 0.15) is 60.3 Å². The van der Waals surface area contributed by atoms with Gasteiger partial charge in [-0.2, -0.15) is 0 Å². The molecular weight excluding hydrogens is 226 g/mol. The predicted octanol–water partition coefficient (Wildman–Crippen LogP) is 2.72. The van der Waals surface area contributed by atoms with Gasteiger partial charge in [0, 0.05) is 25.3 Å². The molecule has 0 spiro atoms. The van der Waals surface area contributed by atoms with E-state index in [9.17, 15) is 5.11 Å². The van der Waals surface area contributed by atoms with Crippen LogP contribution in [0.3, 0.4) is 0 Å². The van der Waals surface area contributed by atoms with Gasteiger partial charge in [0.2, 0.25) is 0 Å². The average Bonchev–Trinajstić information content (AvgIpc) is 2.27. The lowest BCUT2D eigenvalue weighted by atomic mass is 9.82. The van der Waals surface area contributed by atoms with Gasteiger partial charge in [-0.1, -0.05) is 27.7 Å². The number of hydrogen-bond acceptors (Lipinski definition) is 3. The van der Waals surface area contributed by atoms with Crippen molar-refractivity contribution in [2.45, 2.75) is 78.0 Å². The van der Waals surface area contributed by atoms with Gasteiger partial charge in [-0.3, -0.25) is 0 Å². The maximum Gasteiger partial charge on any atom is 0.0666 e. The lowest BCUT2D eigenvalue weighted by Crippen LogP contribution is -2.52. The average molecular weight is 257 g/mol. The van der Waals surface area contributed by atoms with Crippen molar-refractivity contribution in [2.24, 2.45) is 5.41 Å². The summed E-state index contributed by atoms with van der Waals surface area (Å²) < 4.78 is 5.88. The minimum Gasteiger partial charge on any atom is -0.396 e. The molecule has 0 bridgehead atoms. The molecule has 0 aromatic carbocycles. The highest BCUT2D eigenvalue weighted by atomic mass is 16.5. The van der Waals surface area contributed by atoms with Crippen LogP contribution in [0, 0.1) is 5.41 Å². The molecule has 3 nitrogen and oxygen atoms in total. The zero-order chi connectivity index (χ0) is 13.8. The van der Waals surface area contributed by atoms with Crippen LogP contribution in [0.4, 0.5) is 0 Å².